The van der Waals surface area contributed by atoms with E-state index in [2.05, 4.69) is 0 Å². The highest BCUT2D eigenvalue weighted by atomic mass is 16.5. The maximum absolute atomic E-state index is 13.1. The number of rotatable bonds is 0. The average molecular weight is 300 g/mol. The fourth-order valence-electron chi connectivity index (χ4n) is 4.27. The number of hydrogen-bond donors (Lipinski definition) is 1. The van der Waals surface area contributed by atoms with E-state index >= 15 is 0 Å². The van der Waals surface area contributed by atoms with Gasteiger partial charge in [0.25, 0.3) is 5.91 Å². The van der Waals surface area contributed by atoms with E-state index < -0.39 is 5.54 Å². The number of nitrogens with zero attached hydrogens (tertiary/aromatic N) is 2. The molecule has 1 amide bonds. The lowest BCUT2D eigenvalue weighted by Gasteiger charge is -2.46. The Morgan fingerprint density at radius 2 is 2.27 bits per heavy atom. The number of carbonyl (C=O) groups is 1. The monoisotopic (exact) mass is 300 g/mol. The number of phenolic OH excluding ortho intramolecular Hbond substituents is 1. The molecule has 0 saturated carbocycles. The Morgan fingerprint density at radius 3 is 3.00 bits per heavy atom. The molecule has 5 nitrogen and oxygen atoms in total. The highest BCUT2D eigenvalue weighted by molar-refractivity contribution is 6.08. The van der Waals surface area contributed by atoms with E-state index in [1.54, 1.807) is 24.1 Å². The number of fused-ring (bicyclic) bond motifs is 4. The Hall–Kier alpha value is -1.88. The Kier molecular flexibility index (Phi) is 2.85. The first-order valence-electron chi connectivity index (χ1n) is 7.79. The first-order valence-corrected chi connectivity index (χ1v) is 7.79. The Morgan fingerprint density at radius 1 is 1.45 bits per heavy atom. The van der Waals surface area contributed by atoms with Gasteiger partial charge in [-0.1, -0.05) is 6.07 Å². The topological polar surface area (TPSA) is 62.1 Å². The predicted octanol–water partition coefficient (Wildman–Crippen LogP) is 1.69. The normalized spacial score (nSPS) is 33.6. The van der Waals surface area contributed by atoms with Gasteiger partial charge in [0, 0.05) is 19.6 Å². The van der Waals surface area contributed by atoms with Gasteiger partial charge in [0.1, 0.15) is 11.6 Å². The summed E-state index contributed by atoms with van der Waals surface area (Å²) < 4.78 is 5.69. The second-order valence-electron chi connectivity index (χ2n) is 6.57. The molecule has 5 heteroatoms. The Balaban J connectivity index is 1.97. The van der Waals surface area contributed by atoms with Gasteiger partial charge in [-0.05, 0) is 48.9 Å². The zero-order valence-electron chi connectivity index (χ0n) is 12.9. The van der Waals surface area contributed by atoms with Gasteiger partial charge >= 0.3 is 0 Å². The molecule has 3 aliphatic rings. The van der Waals surface area contributed by atoms with Crippen molar-refractivity contribution in [2.45, 2.75) is 25.3 Å². The molecule has 2 aliphatic heterocycles. The van der Waals surface area contributed by atoms with Crippen LogP contribution in [0.5, 0.6) is 5.75 Å². The Bertz CT molecular complexity index is 684. The SMILES string of the molecule is CC1=NC2(C(=O)N1C)c1cc(O)ccc1CC1CCOC[C@@H]12. The second-order valence-corrected chi connectivity index (χ2v) is 6.57. The van der Waals surface area contributed by atoms with Gasteiger partial charge in [0.05, 0.1) is 6.61 Å². The molecule has 2 heterocycles. The van der Waals surface area contributed by atoms with Gasteiger partial charge in [0.2, 0.25) is 0 Å². The van der Waals surface area contributed by atoms with Crippen LogP contribution in [-0.2, 0) is 21.5 Å². The summed E-state index contributed by atoms with van der Waals surface area (Å²) in [6, 6.07) is 5.36. The molecule has 0 radical (unpaired) electrons. The van der Waals surface area contributed by atoms with Crippen LogP contribution in [0.25, 0.3) is 0 Å². The van der Waals surface area contributed by atoms with Crippen molar-refractivity contribution < 1.29 is 14.6 Å². The smallest absolute Gasteiger partial charge is 0.260 e. The third kappa shape index (κ3) is 1.63. The molecule has 1 spiro atoms. The highest BCUT2D eigenvalue weighted by Crippen LogP contribution is 2.51. The lowest BCUT2D eigenvalue weighted by Crippen LogP contribution is -2.53. The summed E-state index contributed by atoms with van der Waals surface area (Å²) in [6.07, 6.45) is 1.88. The molecule has 0 bridgehead atoms. The minimum atomic E-state index is -0.920. The first kappa shape index (κ1) is 13.8. The minimum Gasteiger partial charge on any atom is -0.508 e. The molecular formula is C17H20N2O3. The summed E-state index contributed by atoms with van der Waals surface area (Å²) in [4.78, 5) is 19.5. The van der Waals surface area contributed by atoms with E-state index in [4.69, 9.17) is 9.73 Å². The molecule has 1 N–H and O–H groups in total. The van der Waals surface area contributed by atoms with Crippen LogP contribution in [0.4, 0.5) is 0 Å². The van der Waals surface area contributed by atoms with Gasteiger partial charge in [0.15, 0.2) is 5.54 Å². The standard InChI is InChI=1S/C17H20N2O3/c1-10-18-17(16(21)19(10)2)14-8-13(20)4-3-11(14)7-12-5-6-22-9-15(12)17/h3-4,8,12,15,20H,5-7,9H2,1-2H3/t12?,15-,17?/m0/s1. The van der Waals surface area contributed by atoms with Crippen LogP contribution >= 0.6 is 0 Å². The Labute approximate surface area is 129 Å². The van der Waals surface area contributed by atoms with Crippen molar-refractivity contribution in [1.29, 1.82) is 0 Å². The number of aliphatic imine (C=N–C) groups is 1. The predicted molar refractivity (Wildman–Crippen MR) is 81.8 cm³/mol. The first-order chi connectivity index (χ1) is 10.5. The molecule has 116 valence electrons. The third-order valence-corrected chi connectivity index (χ3v) is 5.48. The highest BCUT2D eigenvalue weighted by Gasteiger charge is 2.58. The number of benzene rings is 1. The van der Waals surface area contributed by atoms with Crippen LogP contribution in [0.2, 0.25) is 0 Å². The zero-order valence-corrected chi connectivity index (χ0v) is 12.9. The lowest BCUT2D eigenvalue weighted by molar-refractivity contribution is -0.137. The number of amides is 1. The fraction of sp³-hybridized carbons (Fsp3) is 0.529. The maximum atomic E-state index is 13.1. The van der Waals surface area contributed by atoms with E-state index in [1.807, 2.05) is 13.0 Å². The minimum absolute atomic E-state index is 0.00273. The van der Waals surface area contributed by atoms with Crippen molar-refractivity contribution in [2.75, 3.05) is 20.3 Å². The van der Waals surface area contributed by atoms with E-state index in [9.17, 15) is 9.90 Å². The average Bonchev–Trinajstić information content (AvgIpc) is 2.74. The third-order valence-electron chi connectivity index (χ3n) is 5.48. The molecule has 4 rings (SSSR count). The van der Waals surface area contributed by atoms with Crippen LogP contribution in [0, 0.1) is 11.8 Å². The molecule has 2 unspecified atom stereocenters. The summed E-state index contributed by atoms with van der Waals surface area (Å²) in [6.45, 7) is 3.16. The van der Waals surface area contributed by atoms with Crippen LogP contribution in [0.3, 0.4) is 0 Å². The number of ether oxygens (including phenoxy) is 1. The van der Waals surface area contributed by atoms with Crippen LogP contribution in [-0.4, -0.2) is 42.0 Å². The zero-order chi connectivity index (χ0) is 15.5. The fourth-order valence-corrected chi connectivity index (χ4v) is 4.27. The number of carbonyl (C=O) groups excluding carboxylic acids is 1. The summed E-state index contributed by atoms with van der Waals surface area (Å²) in [7, 11) is 1.77. The molecule has 0 aromatic heterocycles. The van der Waals surface area contributed by atoms with Gasteiger partial charge in [-0.2, -0.15) is 0 Å². The summed E-state index contributed by atoms with van der Waals surface area (Å²) in [5, 5.41) is 9.94. The molecule has 1 saturated heterocycles. The van der Waals surface area contributed by atoms with Crippen molar-refractivity contribution in [3.05, 3.63) is 29.3 Å². The number of amidine groups is 1. The molecule has 1 fully saturated rings. The second kappa shape index (κ2) is 4.56. The van der Waals surface area contributed by atoms with Gasteiger partial charge < -0.3 is 14.7 Å². The molecule has 1 aliphatic carbocycles. The van der Waals surface area contributed by atoms with Crippen molar-refractivity contribution in [2.24, 2.45) is 16.8 Å². The van der Waals surface area contributed by atoms with Crippen LogP contribution in [0.15, 0.2) is 23.2 Å². The molecule has 1 aromatic carbocycles. The summed E-state index contributed by atoms with van der Waals surface area (Å²) >= 11 is 0. The summed E-state index contributed by atoms with van der Waals surface area (Å²) in [5.74, 6) is 1.35. The number of likely N-dealkylation sites (N-methyl/N-ethyl adjacent to an activating group) is 1. The number of hydrogen-bond acceptors (Lipinski definition) is 4. The maximum Gasteiger partial charge on any atom is 0.260 e. The van der Waals surface area contributed by atoms with Crippen molar-refractivity contribution in [3.63, 3.8) is 0 Å². The van der Waals surface area contributed by atoms with Crippen molar-refractivity contribution >= 4 is 11.7 Å². The quantitative estimate of drug-likeness (QED) is 0.793. The van der Waals surface area contributed by atoms with E-state index in [-0.39, 0.29) is 17.6 Å². The van der Waals surface area contributed by atoms with Crippen LogP contribution < -0.4 is 0 Å². The van der Waals surface area contributed by atoms with E-state index in [0.717, 1.165) is 36.4 Å². The van der Waals surface area contributed by atoms with Gasteiger partial charge in [-0.3, -0.25) is 9.79 Å². The van der Waals surface area contributed by atoms with Gasteiger partial charge in [-0.25, -0.2) is 0 Å². The molecule has 1 aromatic rings. The number of phenols is 1. The lowest BCUT2D eigenvalue weighted by atomic mass is 9.62. The largest absolute Gasteiger partial charge is 0.508 e. The van der Waals surface area contributed by atoms with Crippen LogP contribution in [0.1, 0.15) is 24.5 Å². The van der Waals surface area contributed by atoms with E-state index in [1.165, 1.54) is 0 Å². The molecular weight excluding hydrogens is 280 g/mol. The molecule has 22 heavy (non-hydrogen) atoms. The van der Waals surface area contributed by atoms with Crippen molar-refractivity contribution in [1.82, 2.24) is 4.90 Å². The van der Waals surface area contributed by atoms with E-state index in [0.29, 0.717) is 12.5 Å². The summed E-state index contributed by atoms with van der Waals surface area (Å²) in [5.41, 5.74) is 1.06. The van der Waals surface area contributed by atoms with Gasteiger partial charge in [-0.15, -0.1) is 0 Å². The molecule has 3 atom stereocenters. The van der Waals surface area contributed by atoms with Crippen molar-refractivity contribution in [3.8, 4) is 5.75 Å². The number of aromatic hydroxyl groups is 1.